The van der Waals surface area contributed by atoms with Gasteiger partial charge in [-0.15, -0.1) is 11.8 Å². The number of aromatic carboxylic acids is 1. The lowest BCUT2D eigenvalue weighted by molar-refractivity contribution is 0.0696. The van der Waals surface area contributed by atoms with Crippen molar-refractivity contribution in [2.24, 2.45) is 0 Å². The predicted molar refractivity (Wildman–Crippen MR) is 64.4 cm³/mol. The fraction of sp³-hybridized carbons (Fsp3) is 0.300. The summed E-state index contributed by atoms with van der Waals surface area (Å²) in [4.78, 5) is 11.7. The fourth-order valence-corrected chi connectivity index (χ4v) is 2.93. The molecule has 1 atom stereocenters. The van der Waals surface area contributed by atoms with Crippen LogP contribution in [0.4, 0.5) is 0 Å². The first kappa shape index (κ1) is 13.2. The van der Waals surface area contributed by atoms with Gasteiger partial charge in [0.05, 0.1) is 11.3 Å². The molecule has 0 bridgehead atoms. The van der Waals surface area contributed by atoms with Crippen molar-refractivity contribution >= 4 is 28.8 Å². The summed E-state index contributed by atoms with van der Waals surface area (Å²) in [6, 6.07) is 3.07. The number of rotatable bonds is 4. The molecule has 0 radical (unpaired) electrons. The van der Waals surface area contributed by atoms with E-state index in [1.54, 1.807) is 13.0 Å². The lowest BCUT2D eigenvalue weighted by atomic mass is 10.1. The van der Waals surface area contributed by atoms with Crippen molar-refractivity contribution < 1.29 is 18.7 Å². The molecule has 0 spiro atoms. The second-order valence-corrected chi connectivity index (χ2v) is 4.95. The third kappa shape index (κ3) is 2.84. The van der Waals surface area contributed by atoms with E-state index in [1.807, 2.05) is 6.26 Å². The first-order chi connectivity index (χ1) is 7.47. The molecule has 0 aliphatic heterocycles. The van der Waals surface area contributed by atoms with Gasteiger partial charge < -0.3 is 9.66 Å². The summed E-state index contributed by atoms with van der Waals surface area (Å²) >= 11 is -0.528. The second-order valence-electron chi connectivity index (χ2n) is 3.20. The van der Waals surface area contributed by atoms with E-state index in [4.69, 9.17) is 9.66 Å². The Balaban J connectivity index is 3.29. The quantitative estimate of drug-likeness (QED) is 0.641. The third-order valence-corrected chi connectivity index (χ3v) is 3.74. The molecule has 0 fully saturated rings. The molecule has 0 saturated carbocycles. The van der Waals surface area contributed by atoms with Crippen LogP contribution in [0.3, 0.4) is 0 Å². The van der Waals surface area contributed by atoms with Crippen molar-refractivity contribution in [1.29, 1.82) is 0 Å². The van der Waals surface area contributed by atoms with Crippen molar-refractivity contribution in [3.05, 3.63) is 28.8 Å². The van der Waals surface area contributed by atoms with Crippen LogP contribution in [0.5, 0.6) is 0 Å². The Kier molecular flexibility index (Phi) is 4.52. The Bertz CT molecular complexity index is 443. The highest BCUT2D eigenvalue weighted by Gasteiger charge is 2.14. The summed E-state index contributed by atoms with van der Waals surface area (Å²) in [7, 11) is 0. The number of hydrogen-bond donors (Lipinski definition) is 2. The Hall–Kier alpha value is -0.850. The highest BCUT2D eigenvalue weighted by molar-refractivity contribution is 7.98. The maximum absolute atomic E-state index is 10.9. The van der Waals surface area contributed by atoms with Gasteiger partial charge in [0.25, 0.3) is 0 Å². The third-order valence-electron chi connectivity index (χ3n) is 2.20. The normalized spacial score (nSPS) is 12.4. The van der Waals surface area contributed by atoms with Crippen molar-refractivity contribution in [2.45, 2.75) is 17.6 Å². The van der Waals surface area contributed by atoms with E-state index in [-0.39, 0.29) is 11.3 Å². The smallest absolute Gasteiger partial charge is 0.335 e. The molecule has 2 N–H and O–H groups in total. The molecule has 16 heavy (non-hydrogen) atoms. The molecule has 1 unspecified atom stereocenters. The number of carboxylic acid groups (broad SMARTS) is 1. The Labute approximate surface area is 100 Å². The standard InChI is InChI=1S/C10H12O4S2/c1-6-8(10(11)12)4-3-7(5-16(13)14)9(6)15-2/h3-4H,5H2,1-2H3,(H,11,12)(H,13,14). The first-order valence-corrected chi connectivity index (χ1v) is 6.94. The van der Waals surface area contributed by atoms with Crippen LogP contribution in [0.15, 0.2) is 17.0 Å². The minimum atomic E-state index is -1.91. The van der Waals surface area contributed by atoms with E-state index < -0.39 is 17.0 Å². The molecule has 0 aliphatic rings. The van der Waals surface area contributed by atoms with E-state index in [0.29, 0.717) is 11.1 Å². The number of carbonyl (C=O) groups is 1. The molecular weight excluding hydrogens is 248 g/mol. The zero-order valence-electron chi connectivity index (χ0n) is 8.89. The minimum absolute atomic E-state index is 0.0247. The lowest BCUT2D eigenvalue weighted by Gasteiger charge is -2.11. The predicted octanol–water partition coefficient (Wildman–Crippen LogP) is 2.14. The van der Waals surface area contributed by atoms with Crippen molar-refractivity contribution in [3.8, 4) is 0 Å². The average Bonchev–Trinajstić information content (AvgIpc) is 2.16. The van der Waals surface area contributed by atoms with E-state index in [2.05, 4.69) is 0 Å². The van der Waals surface area contributed by atoms with Gasteiger partial charge in [0.1, 0.15) is 0 Å². The monoisotopic (exact) mass is 260 g/mol. The van der Waals surface area contributed by atoms with Gasteiger partial charge >= 0.3 is 5.97 Å². The lowest BCUT2D eigenvalue weighted by Crippen LogP contribution is -2.04. The van der Waals surface area contributed by atoms with Gasteiger partial charge in [-0.25, -0.2) is 9.00 Å². The van der Waals surface area contributed by atoms with Gasteiger partial charge in [0.2, 0.25) is 0 Å². The Morgan fingerprint density at radius 1 is 1.50 bits per heavy atom. The van der Waals surface area contributed by atoms with Gasteiger partial charge in [-0.3, -0.25) is 0 Å². The highest BCUT2D eigenvalue weighted by atomic mass is 32.2. The first-order valence-electron chi connectivity index (χ1n) is 4.44. The van der Waals surface area contributed by atoms with Crippen LogP contribution in [0, 0.1) is 6.92 Å². The Morgan fingerprint density at radius 2 is 2.12 bits per heavy atom. The van der Waals surface area contributed by atoms with Crippen LogP contribution < -0.4 is 0 Å². The molecule has 1 rings (SSSR count). The molecular formula is C10H12O4S2. The van der Waals surface area contributed by atoms with Crippen molar-refractivity contribution in [3.63, 3.8) is 0 Å². The molecule has 1 aromatic rings. The van der Waals surface area contributed by atoms with Crippen LogP contribution in [0.1, 0.15) is 21.5 Å². The van der Waals surface area contributed by atoms with Gasteiger partial charge in [-0.05, 0) is 30.4 Å². The van der Waals surface area contributed by atoms with Gasteiger partial charge in [0.15, 0.2) is 11.1 Å². The summed E-state index contributed by atoms with van der Waals surface area (Å²) in [5.74, 6) is -0.957. The zero-order valence-corrected chi connectivity index (χ0v) is 10.5. The fourth-order valence-electron chi connectivity index (χ4n) is 1.51. The molecule has 88 valence electrons. The van der Waals surface area contributed by atoms with Crippen molar-refractivity contribution in [1.82, 2.24) is 0 Å². The van der Waals surface area contributed by atoms with Gasteiger partial charge in [0, 0.05) is 4.90 Å². The van der Waals surface area contributed by atoms with Gasteiger partial charge in [-0.2, -0.15) is 0 Å². The highest BCUT2D eigenvalue weighted by Crippen LogP contribution is 2.28. The topological polar surface area (TPSA) is 74.6 Å². The summed E-state index contributed by atoms with van der Waals surface area (Å²) in [5.41, 5.74) is 1.58. The van der Waals surface area contributed by atoms with E-state index in [1.165, 1.54) is 17.8 Å². The van der Waals surface area contributed by atoms with Crippen LogP contribution >= 0.6 is 11.8 Å². The number of thioether (sulfide) groups is 1. The molecule has 4 nitrogen and oxygen atoms in total. The number of benzene rings is 1. The van der Waals surface area contributed by atoms with Crippen LogP contribution in [0.25, 0.3) is 0 Å². The van der Waals surface area contributed by atoms with Gasteiger partial charge in [-0.1, -0.05) is 6.07 Å². The molecule has 1 aromatic carbocycles. The zero-order chi connectivity index (χ0) is 12.3. The van der Waals surface area contributed by atoms with E-state index in [9.17, 15) is 9.00 Å². The number of carboxylic acids is 1. The van der Waals surface area contributed by atoms with Crippen LogP contribution in [0.2, 0.25) is 0 Å². The summed E-state index contributed by atoms with van der Waals surface area (Å²) in [6.45, 7) is 1.71. The molecule has 0 amide bonds. The molecule has 0 saturated heterocycles. The molecule has 0 aliphatic carbocycles. The Morgan fingerprint density at radius 3 is 2.56 bits per heavy atom. The number of hydrogen-bond acceptors (Lipinski definition) is 3. The molecule has 6 heteroatoms. The summed E-state index contributed by atoms with van der Waals surface area (Å²) in [5, 5.41) is 8.94. The van der Waals surface area contributed by atoms with Crippen LogP contribution in [-0.4, -0.2) is 26.1 Å². The van der Waals surface area contributed by atoms with E-state index in [0.717, 1.165) is 4.90 Å². The largest absolute Gasteiger partial charge is 0.478 e. The van der Waals surface area contributed by atoms with Crippen LogP contribution in [-0.2, 0) is 16.8 Å². The maximum Gasteiger partial charge on any atom is 0.335 e. The SMILES string of the molecule is CSc1c(CS(=O)O)ccc(C(=O)O)c1C. The molecule has 0 aromatic heterocycles. The average molecular weight is 260 g/mol. The van der Waals surface area contributed by atoms with E-state index >= 15 is 0 Å². The van der Waals surface area contributed by atoms with Crippen molar-refractivity contribution in [2.75, 3.05) is 6.26 Å². The summed E-state index contributed by atoms with van der Waals surface area (Å²) in [6.07, 6.45) is 1.82. The summed E-state index contributed by atoms with van der Waals surface area (Å²) < 4.78 is 19.6. The maximum atomic E-state index is 10.9. The second kappa shape index (κ2) is 5.47. The molecule has 0 heterocycles. The minimum Gasteiger partial charge on any atom is -0.478 e.